The molecule has 0 bridgehead atoms. The van der Waals surface area contributed by atoms with Gasteiger partial charge in [0.25, 0.3) is 0 Å². The van der Waals surface area contributed by atoms with Crippen LogP contribution in [0.15, 0.2) is 89.3 Å². The number of thiophene rings is 1. The van der Waals surface area contributed by atoms with Gasteiger partial charge in [-0.3, -0.25) is 4.68 Å². The maximum absolute atomic E-state index is 13.7. The predicted octanol–water partition coefficient (Wildman–Crippen LogP) is 3.84. The lowest BCUT2D eigenvalue weighted by Crippen LogP contribution is -2.33. The highest BCUT2D eigenvalue weighted by Gasteiger charge is 2.30. The van der Waals surface area contributed by atoms with E-state index in [-0.39, 0.29) is 24.6 Å². The summed E-state index contributed by atoms with van der Waals surface area (Å²) in [6, 6.07) is 22.9. The first-order chi connectivity index (χ1) is 15.1. The molecule has 4 rings (SSSR count). The van der Waals surface area contributed by atoms with Crippen LogP contribution in [-0.4, -0.2) is 40.8 Å². The minimum atomic E-state index is -3.89. The number of nitrogens with zero attached hydrogens (tertiary/aromatic N) is 3. The van der Waals surface area contributed by atoms with Crippen LogP contribution < -0.4 is 0 Å². The van der Waals surface area contributed by atoms with E-state index in [0.717, 1.165) is 16.0 Å². The smallest absolute Gasteiger partial charge is 0.247 e. The van der Waals surface area contributed by atoms with Gasteiger partial charge in [0.2, 0.25) is 10.0 Å². The van der Waals surface area contributed by atoms with Crippen molar-refractivity contribution >= 4 is 21.4 Å². The molecule has 4 aromatic rings. The SMILES string of the molecule is O=S(=O)(c1cn(Cc2ccccc2)nc1-c1cccs1)N(CCO)Cc1ccccc1. The molecule has 0 spiro atoms. The van der Waals surface area contributed by atoms with Gasteiger partial charge >= 0.3 is 0 Å². The van der Waals surface area contributed by atoms with Crippen molar-refractivity contribution in [3.63, 3.8) is 0 Å². The molecule has 2 heterocycles. The van der Waals surface area contributed by atoms with Crippen LogP contribution in [0, 0.1) is 0 Å². The molecular weight excluding hydrogens is 430 g/mol. The zero-order valence-electron chi connectivity index (χ0n) is 16.8. The van der Waals surface area contributed by atoms with E-state index in [1.807, 2.05) is 78.2 Å². The Hall–Kier alpha value is -2.78. The van der Waals surface area contributed by atoms with Crippen LogP contribution in [0.4, 0.5) is 0 Å². The molecule has 0 amide bonds. The zero-order valence-corrected chi connectivity index (χ0v) is 18.5. The first-order valence-electron chi connectivity index (χ1n) is 9.88. The number of sulfonamides is 1. The topological polar surface area (TPSA) is 75.4 Å². The number of aliphatic hydroxyl groups excluding tert-OH is 1. The van der Waals surface area contributed by atoms with Gasteiger partial charge in [-0.05, 0) is 22.6 Å². The van der Waals surface area contributed by atoms with Crippen LogP contribution in [0.2, 0.25) is 0 Å². The van der Waals surface area contributed by atoms with Gasteiger partial charge in [0.15, 0.2) is 0 Å². The lowest BCUT2D eigenvalue weighted by atomic mass is 10.2. The number of aliphatic hydroxyl groups is 1. The molecule has 31 heavy (non-hydrogen) atoms. The second-order valence-corrected chi connectivity index (χ2v) is 9.90. The first-order valence-corrected chi connectivity index (χ1v) is 12.2. The molecule has 0 aliphatic heterocycles. The molecule has 0 saturated heterocycles. The maximum atomic E-state index is 13.7. The quantitative estimate of drug-likeness (QED) is 0.418. The van der Waals surface area contributed by atoms with Gasteiger partial charge < -0.3 is 5.11 Å². The van der Waals surface area contributed by atoms with Crippen LogP contribution in [0.1, 0.15) is 11.1 Å². The molecule has 0 radical (unpaired) electrons. The average Bonchev–Trinajstić information content (AvgIpc) is 3.45. The van der Waals surface area contributed by atoms with Crippen molar-refractivity contribution in [2.75, 3.05) is 13.2 Å². The van der Waals surface area contributed by atoms with Crippen LogP contribution >= 0.6 is 11.3 Å². The van der Waals surface area contributed by atoms with Gasteiger partial charge in [-0.25, -0.2) is 8.42 Å². The van der Waals surface area contributed by atoms with Crippen LogP contribution in [0.5, 0.6) is 0 Å². The monoisotopic (exact) mass is 453 g/mol. The normalized spacial score (nSPS) is 11.8. The van der Waals surface area contributed by atoms with Gasteiger partial charge in [0.05, 0.1) is 18.0 Å². The van der Waals surface area contributed by atoms with E-state index in [4.69, 9.17) is 0 Å². The number of hydrogen-bond donors (Lipinski definition) is 1. The van der Waals surface area contributed by atoms with Crippen LogP contribution in [0.25, 0.3) is 10.6 Å². The Balaban J connectivity index is 1.74. The third-order valence-electron chi connectivity index (χ3n) is 4.84. The van der Waals surface area contributed by atoms with Gasteiger partial charge in [-0.15, -0.1) is 11.3 Å². The van der Waals surface area contributed by atoms with Crippen molar-refractivity contribution in [1.82, 2.24) is 14.1 Å². The van der Waals surface area contributed by atoms with Crippen LogP contribution in [0.3, 0.4) is 0 Å². The standard InChI is InChI=1S/C23H23N3O3S2/c27-14-13-26(17-20-10-5-2-6-11-20)31(28,29)22-18-25(16-19-8-3-1-4-9-19)24-23(22)21-12-7-15-30-21/h1-12,15,18,27H,13-14,16-17H2. The summed E-state index contributed by atoms with van der Waals surface area (Å²) in [4.78, 5) is 0.935. The van der Waals surface area contributed by atoms with Gasteiger partial charge in [0, 0.05) is 19.3 Å². The first kappa shape index (κ1) is 21.5. The summed E-state index contributed by atoms with van der Waals surface area (Å²) in [6.07, 6.45) is 1.59. The molecule has 160 valence electrons. The van der Waals surface area contributed by atoms with Gasteiger partial charge in [-0.2, -0.15) is 9.40 Å². The predicted molar refractivity (Wildman–Crippen MR) is 122 cm³/mol. The fourth-order valence-corrected chi connectivity index (χ4v) is 5.71. The molecule has 0 unspecified atom stereocenters. The summed E-state index contributed by atoms with van der Waals surface area (Å²) in [5.41, 5.74) is 2.32. The lowest BCUT2D eigenvalue weighted by Gasteiger charge is -2.21. The Morgan fingerprint density at radius 3 is 2.23 bits per heavy atom. The van der Waals surface area contributed by atoms with Gasteiger partial charge in [0.1, 0.15) is 10.6 Å². The Kier molecular flexibility index (Phi) is 6.62. The van der Waals surface area contributed by atoms with E-state index >= 15 is 0 Å². The minimum absolute atomic E-state index is 0.00493. The highest BCUT2D eigenvalue weighted by Crippen LogP contribution is 2.32. The van der Waals surface area contributed by atoms with Crippen molar-refractivity contribution in [3.8, 4) is 10.6 Å². The Morgan fingerprint density at radius 1 is 0.935 bits per heavy atom. The van der Waals surface area contributed by atoms with E-state index in [1.54, 1.807) is 10.9 Å². The lowest BCUT2D eigenvalue weighted by molar-refractivity contribution is 0.251. The van der Waals surface area contributed by atoms with Crippen molar-refractivity contribution in [1.29, 1.82) is 0 Å². The molecule has 8 heteroatoms. The van der Waals surface area contributed by atoms with Crippen molar-refractivity contribution in [3.05, 3.63) is 95.5 Å². The summed E-state index contributed by atoms with van der Waals surface area (Å²) >= 11 is 1.45. The molecule has 6 nitrogen and oxygen atoms in total. The molecule has 1 N–H and O–H groups in total. The molecular formula is C23H23N3O3S2. The fraction of sp³-hybridized carbons (Fsp3) is 0.174. The molecule has 0 saturated carbocycles. The maximum Gasteiger partial charge on any atom is 0.247 e. The van der Waals surface area contributed by atoms with Crippen molar-refractivity contribution in [2.45, 2.75) is 18.0 Å². The number of benzene rings is 2. The highest BCUT2D eigenvalue weighted by atomic mass is 32.2. The van der Waals surface area contributed by atoms with Gasteiger partial charge in [-0.1, -0.05) is 66.7 Å². The number of rotatable bonds is 9. The number of aromatic nitrogens is 2. The Bertz CT molecular complexity index is 1210. The van der Waals surface area contributed by atoms with E-state index in [9.17, 15) is 13.5 Å². The van der Waals surface area contributed by atoms with E-state index in [0.29, 0.717) is 12.2 Å². The highest BCUT2D eigenvalue weighted by molar-refractivity contribution is 7.89. The Labute approximate surface area is 186 Å². The molecule has 0 aliphatic carbocycles. The molecule has 0 atom stereocenters. The molecule has 2 aromatic heterocycles. The van der Waals surface area contributed by atoms with E-state index in [1.165, 1.54) is 15.6 Å². The molecule has 2 aromatic carbocycles. The molecule has 0 aliphatic rings. The fourth-order valence-electron chi connectivity index (χ4n) is 3.35. The van der Waals surface area contributed by atoms with Crippen molar-refractivity contribution < 1.29 is 13.5 Å². The van der Waals surface area contributed by atoms with E-state index < -0.39 is 10.0 Å². The van der Waals surface area contributed by atoms with Crippen LogP contribution in [-0.2, 0) is 23.1 Å². The summed E-state index contributed by atoms with van der Waals surface area (Å²) in [5.74, 6) is 0. The molecule has 0 fully saturated rings. The third-order valence-corrected chi connectivity index (χ3v) is 7.56. The third kappa shape index (κ3) is 4.94. The summed E-state index contributed by atoms with van der Waals surface area (Å²) in [6.45, 7) is 0.383. The number of hydrogen-bond acceptors (Lipinski definition) is 5. The zero-order chi connectivity index (χ0) is 21.7. The summed E-state index contributed by atoms with van der Waals surface area (Å²) < 4.78 is 30.3. The summed E-state index contributed by atoms with van der Waals surface area (Å²) in [5, 5.41) is 16.1. The second kappa shape index (κ2) is 9.57. The van der Waals surface area contributed by atoms with E-state index in [2.05, 4.69) is 5.10 Å². The largest absolute Gasteiger partial charge is 0.395 e. The minimum Gasteiger partial charge on any atom is -0.395 e. The second-order valence-electron chi connectivity index (χ2n) is 7.05. The Morgan fingerprint density at radius 2 is 1.61 bits per heavy atom. The van der Waals surface area contributed by atoms with Crippen molar-refractivity contribution in [2.24, 2.45) is 0 Å². The average molecular weight is 454 g/mol. The summed E-state index contributed by atoms with van der Waals surface area (Å²) in [7, 11) is -3.89.